The molecule has 2 amide bonds. The van der Waals surface area contributed by atoms with Crippen LogP contribution in [0, 0.1) is 6.92 Å². The van der Waals surface area contributed by atoms with Crippen LogP contribution in [0.25, 0.3) is 0 Å². The number of amides is 2. The van der Waals surface area contributed by atoms with Gasteiger partial charge in [-0.1, -0.05) is 30.3 Å². The number of hydrogen-bond acceptors (Lipinski definition) is 7. The van der Waals surface area contributed by atoms with Crippen LogP contribution in [0.1, 0.15) is 36.1 Å². The van der Waals surface area contributed by atoms with Gasteiger partial charge in [-0.25, -0.2) is 0 Å². The second kappa shape index (κ2) is 13.6. The molecule has 0 spiro atoms. The molecule has 1 atom stereocenters. The molecule has 5 rings (SSSR count). The zero-order chi connectivity index (χ0) is 28.6. The number of carbonyl (C=O) groups is 2. The molecule has 2 aliphatic rings. The van der Waals surface area contributed by atoms with Gasteiger partial charge in [-0.2, -0.15) is 0 Å². The minimum atomic E-state index is -0.640. The van der Waals surface area contributed by atoms with Crippen LogP contribution in [0.15, 0.2) is 66.9 Å². The quantitative estimate of drug-likeness (QED) is 0.318. The molecule has 1 aliphatic carbocycles. The van der Waals surface area contributed by atoms with E-state index in [9.17, 15) is 9.59 Å². The van der Waals surface area contributed by atoms with Gasteiger partial charge in [-0.05, 0) is 55.7 Å². The lowest BCUT2D eigenvalue weighted by Crippen LogP contribution is -2.61. The van der Waals surface area contributed by atoms with Crippen molar-refractivity contribution in [1.29, 1.82) is 0 Å². The maximum atomic E-state index is 14.0. The van der Waals surface area contributed by atoms with Crippen LogP contribution in [0.4, 0.5) is 5.69 Å². The highest BCUT2D eigenvalue weighted by Gasteiger charge is 2.41. The van der Waals surface area contributed by atoms with Gasteiger partial charge in [0.05, 0.1) is 39.2 Å². The summed E-state index contributed by atoms with van der Waals surface area (Å²) in [5.41, 5.74) is 3.53. The van der Waals surface area contributed by atoms with Gasteiger partial charge >= 0.3 is 0 Å². The number of anilines is 1. The number of methoxy groups -OCH3 is 1. The molecule has 9 nitrogen and oxygen atoms in total. The van der Waals surface area contributed by atoms with Crippen molar-refractivity contribution < 1.29 is 23.8 Å². The Morgan fingerprint density at radius 2 is 1.85 bits per heavy atom. The van der Waals surface area contributed by atoms with Crippen molar-refractivity contribution in [1.82, 2.24) is 15.2 Å². The van der Waals surface area contributed by atoms with Crippen LogP contribution in [-0.2, 0) is 27.5 Å². The molecule has 41 heavy (non-hydrogen) atoms. The first-order valence-corrected chi connectivity index (χ1v) is 14.2. The molecule has 2 heterocycles. The van der Waals surface area contributed by atoms with E-state index in [0.29, 0.717) is 50.1 Å². The Kier molecular flexibility index (Phi) is 9.48. The number of hydrogen-bond donors (Lipinski definition) is 1. The van der Waals surface area contributed by atoms with Crippen LogP contribution in [0.2, 0.25) is 0 Å². The van der Waals surface area contributed by atoms with Gasteiger partial charge in [-0.15, -0.1) is 0 Å². The van der Waals surface area contributed by atoms with Gasteiger partial charge < -0.3 is 24.4 Å². The van der Waals surface area contributed by atoms with Crippen molar-refractivity contribution in [3.8, 4) is 11.5 Å². The lowest BCUT2D eigenvalue weighted by molar-refractivity contribution is -0.136. The van der Waals surface area contributed by atoms with Crippen LogP contribution >= 0.6 is 0 Å². The molecule has 0 unspecified atom stereocenters. The number of benzene rings is 2. The second-order valence-electron chi connectivity index (χ2n) is 10.4. The Morgan fingerprint density at radius 3 is 2.59 bits per heavy atom. The summed E-state index contributed by atoms with van der Waals surface area (Å²) >= 11 is 0. The van der Waals surface area contributed by atoms with Crippen molar-refractivity contribution in [2.24, 2.45) is 0 Å². The number of piperazine rings is 1. The van der Waals surface area contributed by atoms with Gasteiger partial charge in [0.15, 0.2) is 0 Å². The second-order valence-corrected chi connectivity index (χ2v) is 10.4. The minimum Gasteiger partial charge on any atom is -0.494 e. The summed E-state index contributed by atoms with van der Waals surface area (Å²) in [6, 6.07) is 18.9. The predicted molar refractivity (Wildman–Crippen MR) is 156 cm³/mol. The van der Waals surface area contributed by atoms with Crippen LogP contribution in [-0.4, -0.2) is 67.2 Å². The normalized spacial score (nSPS) is 16.9. The Bertz CT molecular complexity index is 1310. The maximum absolute atomic E-state index is 14.0. The highest BCUT2D eigenvalue weighted by atomic mass is 16.5. The Morgan fingerprint density at radius 1 is 1.07 bits per heavy atom. The fraction of sp³-hybridized carbons (Fsp3) is 0.406. The molecule has 3 aromatic rings. The molecule has 1 saturated heterocycles. The number of ether oxygens (including phenoxy) is 3. The molecule has 2 fully saturated rings. The van der Waals surface area contributed by atoms with E-state index in [1.165, 1.54) is 0 Å². The van der Waals surface area contributed by atoms with Crippen molar-refractivity contribution in [3.63, 3.8) is 0 Å². The molecule has 9 heteroatoms. The monoisotopic (exact) mass is 558 g/mol. The number of aryl methyl sites for hydroxylation is 1. The third-order valence-corrected chi connectivity index (χ3v) is 7.39. The molecule has 0 bridgehead atoms. The van der Waals surface area contributed by atoms with E-state index in [1.54, 1.807) is 18.2 Å². The van der Waals surface area contributed by atoms with Crippen molar-refractivity contribution in [3.05, 3.63) is 83.7 Å². The van der Waals surface area contributed by atoms with Crippen LogP contribution < -0.4 is 19.7 Å². The molecule has 0 radical (unpaired) electrons. The highest BCUT2D eigenvalue weighted by molar-refractivity contribution is 6.03. The molecule has 1 aliphatic heterocycles. The van der Waals surface area contributed by atoms with Crippen molar-refractivity contribution >= 4 is 17.5 Å². The van der Waals surface area contributed by atoms with E-state index in [4.69, 9.17) is 14.2 Å². The standard InChI is InChI=1S/C32H38N4O5/c1-23-31(39-2)25(15-16-34-23)21-35(26-9-10-26)32(38)29-19-33-20-30(37)36(29)27-11-13-28(14-12-27)41-18-6-17-40-22-24-7-4-3-5-8-24/h3-5,7-8,11-16,26,29,33H,6,9-10,17-22H2,1-2H3/t29-/m1/s1. The Labute approximate surface area is 241 Å². The molecular formula is C32H38N4O5. The maximum Gasteiger partial charge on any atom is 0.247 e. The average Bonchev–Trinajstić information content (AvgIpc) is 3.84. The average molecular weight is 559 g/mol. The topological polar surface area (TPSA) is 93.2 Å². The van der Waals surface area contributed by atoms with Gasteiger partial charge in [0.1, 0.15) is 17.5 Å². The highest BCUT2D eigenvalue weighted by Crippen LogP contribution is 2.33. The molecule has 1 saturated carbocycles. The van der Waals surface area contributed by atoms with Crippen LogP contribution in [0.5, 0.6) is 11.5 Å². The van der Waals surface area contributed by atoms with Gasteiger partial charge in [0.25, 0.3) is 0 Å². The summed E-state index contributed by atoms with van der Waals surface area (Å²) in [5.74, 6) is 1.20. The smallest absolute Gasteiger partial charge is 0.247 e. The van der Waals surface area contributed by atoms with Crippen molar-refractivity contribution in [2.45, 2.75) is 51.4 Å². The number of aromatic nitrogens is 1. The third kappa shape index (κ3) is 7.23. The van der Waals surface area contributed by atoms with E-state index >= 15 is 0 Å². The summed E-state index contributed by atoms with van der Waals surface area (Å²) in [6.45, 7) is 4.60. The van der Waals surface area contributed by atoms with E-state index in [1.807, 2.05) is 72.5 Å². The lowest BCUT2D eigenvalue weighted by atomic mass is 10.1. The largest absolute Gasteiger partial charge is 0.494 e. The molecule has 1 N–H and O–H groups in total. The lowest BCUT2D eigenvalue weighted by Gasteiger charge is -2.38. The van der Waals surface area contributed by atoms with Gasteiger partial charge in [-0.3, -0.25) is 19.5 Å². The van der Waals surface area contributed by atoms with Gasteiger partial charge in [0.2, 0.25) is 11.8 Å². The summed E-state index contributed by atoms with van der Waals surface area (Å²) < 4.78 is 17.2. The number of carbonyl (C=O) groups excluding carboxylic acids is 2. The predicted octanol–water partition coefficient (Wildman–Crippen LogP) is 3.88. The molecular weight excluding hydrogens is 520 g/mol. The zero-order valence-electron chi connectivity index (χ0n) is 23.8. The summed E-state index contributed by atoms with van der Waals surface area (Å²) in [4.78, 5) is 34.9. The minimum absolute atomic E-state index is 0.0691. The number of nitrogens with one attached hydrogen (secondary N) is 1. The molecule has 2 aromatic carbocycles. The van der Waals surface area contributed by atoms with Crippen LogP contribution in [0.3, 0.4) is 0 Å². The SMILES string of the molecule is COc1c(CN(C(=O)[C@H]2CNCC(=O)N2c2ccc(OCCCOCc3ccccc3)cc2)C2CC2)ccnc1C. The fourth-order valence-corrected chi connectivity index (χ4v) is 5.16. The summed E-state index contributed by atoms with van der Waals surface area (Å²) in [6.07, 6.45) is 4.41. The number of pyridine rings is 1. The molecule has 216 valence electrons. The first kappa shape index (κ1) is 28.6. The van der Waals surface area contributed by atoms with E-state index < -0.39 is 6.04 Å². The number of nitrogens with zero attached hydrogens (tertiary/aromatic N) is 3. The summed E-state index contributed by atoms with van der Waals surface area (Å²) in [5, 5.41) is 3.13. The summed E-state index contributed by atoms with van der Waals surface area (Å²) in [7, 11) is 1.62. The van der Waals surface area contributed by atoms with E-state index in [-0.39, 0.29) is 24.4 Å². The number of rotatable bonds is 13. The fourth-order valence-electron chi connectivity index (χ4n) is 5.16. The van der Waals surface area contributed by atoms with Gasteiger partial charge in [0, 0.05) is 43.0 Å². The zero-order valence-corrected chi connectivity index (χ0v) is 23.8. The van der Waals surface area contributed by atoms with E-state index in [0.717, 1.165) is 36.1 Å². The third-order valence-electron chi connectivity index (χ3n) is 7.39. The Balaban J connectivity index is 1.20. The molecule has 1 aromatic heterocycles. The Hall–Kier alpha value is -3.95. The first-order valence-electron chi connectivity index (χ1n) is 14.2. The first-order chi connectivity index (χ1) is 20.0. The van der Waals surface area contributed by atoms with E-state index in [2.05, 4.69) is 10.3 Å². The van der Waals surface area contributed by atoms with Crippen molar-refractivity contribution in [2.75, 3.05) is 38.3 Å².